The molecular formula is C22H28N6O2. The molecule has 0 aliphatic carbocycles. The van der Waals surface area contributed by atoms with Gasteiger partial charge in [-0.05, 0) is 45.1 Å². The van der Waals surface area contributed by atoms with Crippen molar-refractivity contribution >= 4 is 17.6 Å². The van der Waals surface area contributed by atoms with Crippen molar-refractivity contribution in [1.82, 2.24) is 24.5 Å². The number of aromatic nitrogens is 4. The quantitative estimate of drug-likeness (QED) is 0.654. The van der Waals surface area contributed by atoms with Gasteiger partial charge in [0, 0.05) is 31.1 Å². The molecular weight excluding hydrogens is 380 g/mol. The van der Waals surface area contributed by atoms with E-state index in [4.69, 9.17) is 0 Å². The molecule has 1 fully saturated rings. The summed E-state index contributed by atoms with van der Waals surface area (Å²) in [5.41, 5.74) is 2.10. The molecule has 4 rings (SSSR count). The first kappa shape index (κ1) is 20.1. The third kappa shape index (κ3) is 4.22. The van der Waals surface area contributed by atoms with Gasteiger partial charge in [0.15, 0.2) is 0 Å². The lowest BCUT2D eigenvalue weighted by molar-refractivity contribution is -0.134. The molecule has 3 heterocycles. The van der Waals surface area contributed by atoms with Crippen LogP contribution >= 0.6 is 0 Å². The standard InChI is InChI=1S/C22H28N6O2/c1-15-8-6-7-13-27(15)19(29)12-11-18-16(2)24-22-25-21(26-28(22)20(18)30)23-14-17-9-4-3-5-10-17/h3-5,9-10,15H,6-8,11-14H2,1-2H3,(H2,23,24,25,26)/t15-/m1/s1. The Balaban J connectivity index is 1.48. The second-order valence-electron chi connectivity index (χ2n) is 7.96. The average molecular weight is 409 g/mol. The van der Waals surface area contributed by atoms with Crippen molar-refractivity contribution in [2.75, 3.05) is 11.9 Å². The number of aryl methyl sites for hydroxylation is 1. The smallest absolute Gasteiger partial charge is 0.277 e. The van der Waals surface area contributed by atoms with Crippen LogP contribution < -0.4 is 10.9 Å². The third-order valence-corrected chi connectivity index (χ3v) is 5.81. The van der Waals surface area contributed by atoms with Crippen molar-refractivity contribution in [3.63, 3.8) is 0 Å². The molecule has 0 bridgehead atoms. The second kappa shape index (κ2) is 8.69. The van der Waals surface area contributed by atoms with Crippen LogP contribution in [-0.4, -0.2) is 43.0 Å². The number of carbonyl (C=O) groups is 1. The van der Waals surface area contributed by atoms with Crippen LogP contribution in [0.2, 0.25) is 0 Å². The van der Waals surface area contributed by atoms with Gasteiger partial charge in [0.1, 0.15) is 0 Å². The Hall–Kier alpha value is -3.16. The van der Waals surface area contributed by atoms with Gasteiger partial charge in [0.25, 0.3) is 11.3 Å². The van der Waals surface area contributed by atoms with E-state index in [1.54, 1.807) is 6.92 Å². The number of likely N-dealkylation sites (tertiary alicyclic amines) is 1. The van der Waals surface area contributed by atoms with Gasteiger partial charge in [0.05, 0.1) is 5.69 Å². The summed E-state index contributed by atoms with van der Waals surface area (Å²) in [6.45, 7) is 5.30. The zero-order chi connectivity index (χ0) is 21.1. The Morgan fingerprint density at radius 1 is 1.23 bits per heavy atom. The fourth-order valence-electron chi connectivity index (χ4n) is 4.05. The molecule has 2 N–H and O–H groups in total. The van der Waals surface area contributed by atoms with Crippen molar-refractivity contribution in [1.29, 1.82) is 0 Å². The van der Waals surface area contributed by atoms with Gasteiger partial charge in [-0.3, -0.25) is 14.7 Å². The molecule has 0 saturated carbocycles. The predicted octanol–water partition coefficient (Wildman–Crippen LogP) is 2.67. The van der Waals surface area contributed by atoms with Gasteiger partial charge in [-0.25, -0.2) is 4.98 Å². The van der Waals surface area contributed by atoms with Crippen LogP contribution in [0.15, 0.2) is 35.1 Å². The summed E-state index contributed by atoms with van der Waals surface area (Å²) in [7, 11) is 0. The first-order valence-electron chi connectivity index (χ1n) is 10.6. The second-order valence-corrected chi connectivity index (χ2v) is 7.96. The molecule has 8 nitrogen and oxygen atoms in total. The van der Waals surface area contributed by atoms with Crippen LogP contribution in [0.5, 0.6) is 0 Å². The number of anilines is 1. The number of piperidine rings is 1. The number of hydrogen-bond donors (Lipinski definition) is 2. The van der Waals surface area contributed by atoms with Gasteiger partial charge in [0.2, 0.25) is 11.9 Å². The SMILES string of the molecule is Cc1nc2nc(NCc3ccccc3)[nH]n2c(=O)c1CCC(=O)N1CCCC[C@H]1C. The fourth-order valence-corrected chi connectivity index (χ4v) is 4.05. The van der Waals surface area contributed by atoms with E-state index in [-0.39, 0.29) is 17.5 Å². The largest absolute Gasteiger partial charge is 0.351 e. The van der Waals surface area contributed by atoms with Gasteiger partial charge in [-0.15, -0.1) is 0 Å². The van der Waals surface area contributed by atoms with Crippen molar-refractivity contribution in [2.24, 2.45) is 0 Å². The van der Waals surface area contributed by atoms with Crippen LogP contribution in [-0.2, 0) is 17.8 Å². The Bertz CT molecular complexity index is 1090. The summed E-state index contributed by atoms with van der Waals surface area (Å²) >= 11 is 0. The summed E-state index contributed by atoms with van der Waals surface area (Å²) in [4.78, 5) is 36.4. The van der Waals surface area contributed by atoms with Gasteiger partial charge in [-0.2, -0.15) is 9.50 Å². The topological polar surface area (TPSA) is 95.4 Å². The number of H-pyrrole nitrogens is 1. The Morgan fingerprint density at radius 3 is 2.80 bits per heavy atom. The molecule has 1 amide bonds. The van der Waals surface area contributed by atoms with Gasteiger partial charge >= 0.3 is 0 Å². The van der Waals surface area contributed by atoms with Crippen molar-refractivity contribution in [3.05, 3.63) is 57.5 Å². The van der Waals surface area contributed by atoms with E-state index in [9.17, 15) is 9.59 Å². The number of amides is 1. The molecule has 2 aromatic heterocycles. The number of benzene rings is 1. The van der Waals surface area contributed by atoms with Crippen molar-refractivity contribution in [2.45, 2.75) is 58.5 Å². The van der Waals surface area contributed by atoms with Crippen LogP contribution in [0.25, 0.3) is 5.78 Å². The summed E-state index contributed by atoms with van der Waals surface area (Å²) in [5.74, 6) is 0.923. The first-order chi connectivity index (χ1) is 14.5. The lowest BCUT2D eigenvalue weighted by Gasteiger charge is -2.33. The molecule has 0 spiro atoms. The minimum Gasteiger partial charge on any atom is -0.351 e. The van der Waals surface area contributed by atoms with E-state index < -0.39 is 0 Å². The van der Waals surface area contributed by atoms with E-state index in [0.29, 0.717) is 42.4 Å². The average Bonchev–Trinajstić information content (AvgIpc) is 3.16. The molecule has 8 heteroatoms. The van der Waals surface area contributed by atoms with Gasteiger partial charge < -0.3 is 10.2 Å². The lowest BCUT2D eigenvalue weighted by atomic mass is 10.0. The number of hydrogen-bond acceptors (Lipinski definition) is 5. The molecule has 30 heavy (non-hydrogen) atoms. The highest BCUT2D eigenvalue weighted by atomic mass is 16.2. The van der Waals surface area contributed by atoms with Gasteiger partial charge in [-0.1, -0.05) is 30.3 Å². The first-order valence-corrected chi connectivity index (χ1v) is 10.6. The molecule has 1 aliphatic heterocycles. The molecule has 1 aromatic carbocycles. The number of nitrogens with one attached hydrogen (secondary N) is 2. The highest BCUT2D eigenvalue weighted by Crippen LogP contribution is 2.18. The summed E-state index contributed by atoms with van der Waals surface area (Å²) < 4.78 is 1.35. The Kier molecular flexibility index (Phi) is 5.83. The normalized spacial score (nSPS) is 16.7. The van der Waals surface area contributed by atoms with E-state index >= 15 is 0 Å². The molecule has 1 aliphatic rings. The molecule has 3 aromatic rings. The number of rotatable bonds is 6. The number of aromatic amines is 1. The Morgan fingerprint density at radius 2 is 2.03 bits per heavy atom. The zero-order valence-electron chi connectivity index (χ0n) is 17.5. The van der Waals surface area contributed by atoms with Crippen molar-refractivity contribution in [3.8, 4) is 0 Å². The highest BCUT2D eigenvalue weighted by Gasteiger charge is 2.23. The third-order valence-electron chi connectivity index (χ3n) is 5.81. The summed E-state index contributed by atoms with van der Waals surface area (Å²) in [5, 5.41) is 6.17. The number of fused-ring (bicyclic) bond motifs is 1. The maximum absolute atomic E-state index is 13.0. The molecule has 158 valence electrons. The van der Waals surface area contributed by atoms with Crippen LogP contribution in [0, 0.1) is 6.92 Å². The lowest BCUT2D eigenvalue weighted by Crippen LogP contribution is -2.42. The highest BCUT2D eigenvalue weighted by molar-refractivity contribution is 5.76. The van der Waals surface area contributed by atoms with E-state index in [1.807, 2.05) is 35.2 Å². The maximum atomic E-state index is 13.0. The fraction of sp³-hybridized carbons (Fsp3) is 0.455. The number of nitrogens with zero attached hydrogens (tertiary/aromatic N) is 4. The minimum absolute atomic E-state index is 0.112. The molecule has 1 saturated heterocycles. The summed E-state index contributed by atoms with van der Waals surface area (Å²) in [6, 6.07) is 10.2. The predicted molar refractivity (Wildman–Crippen MR) is 115 cm³/mol. The van der Waals surface area contributed by atoms with E-state index in [0.717, 1.165) is 24.9 Å². The van der Waals surface area contributed by atoms with Crippen LogP contribution in [0.4, 0.5) is 5.95 Å². The van der Waals surface area contributed by atoms with E-state index in [2.05, 4.69) is 27.3 Å². The maximum Gasteiger partial charge on any atom is 0.277 e. The zero-order valence-corrected chi connectivity index (χ0v) is 17.5. The Labute approximate surface area is 175 Å². The molecule has 0 unspecified atom stereocenters. The van der Waals surface area contributed by atoms with Crippen LogP contribution in [0.1, 0.15) is 49.4 Å². The molecule has 0 radical (unpaired) electrons. The number of carbonyl (C=O) groups excluding carboxylic acids is 1. The summed E-state index contributed by atoms with van der Waals surface area (Å²) in [6.07, 6.45) is 3.98. The molecule has 1 atom stereocenters. The monoisotopic (exact) mass is 408 g/mol. The minimum atomic E-state index is -0.197. The van der Waals surface area contributed by atoms with E-state index in [1.165, 1.54) is 10.9 Å². The van der Waals surface area contributed by atoms with Crippen molar-refractivity contribution < 1.29 is 4.79 Å². The van der Waals surface area contributed by atoms with Crippen LogP contribution in [0.3, 0.4) is 0 Å².